The number of alkyl halides is 2. The van der Waals surface area contributed by atoms with Gasteiger partial charge in [-0.15, -0.1) is 23.2 Å². The Morgan fingerprint density at radius 2 is 1.78 bits per heavy atom. The van der Waals surface area contributed by atoms with Gasteiger partial charge in [-0.05, 0) is 52.9 Å². The monoisotopic (exact) mass is 364 g/mol. The molecule has 23 heavy (non-hydrogen) atoms. The summed E-state index contributed by atoms with van der Waals surface area (Å²) in [6.45, 7) is 9.27. The van der Waals surface area contributed by atoms with Crippen molar-refractivity contribution in [2.24, 2.45) is 11.3 Å². The molecule has 1 saturated heterocycles. The Bertz CT molecular complexity index is 482. The Hall–Kier alpha value is -0.680. The molecule has 0 radical (unpaired) electrons. The van der Waals surface area contributed by atoms with Gasteiger partial charge in [0.15, 0.2) is 0 Å². The number of alkyl carbamates (subject to hydrolysis) is 1. The zero-order chi connectivity index (χ0) is 17.5. The lowest BCUT2D eigenvalue weighted by atomic mass is 9.95. The Morgan fingerprint density at radius 1 is 1.26 bits per heavy atom. The molecule has 0 aromatic heterocycles. The number of halogens is 2. The molecule has 132 valence electrons. The molecule has 2 aliphatic rings. The number of carbonyl (C=O) groups excluding carboxylic acids is 2. The largest absolute Gasteiger partial charge is 0.444 e. The van der Waals surface area contributed by atoms with Crippen molar-refractivity contribution in [1.82, 2.24) is 10.2 Å². The SMILES string of the molecule is CC(C)(C)OC(=O)NCC1CCN(C(=O)[C@]2(C)CC2(Cl)Cl)CC1. The summed E-state index contributed by atoms with van der Waals surface area (Å²) in [5.74, 6) is 0.399. The number of nitrogens with one attached hydrogen (secondary N) is 1. The maximum Gasteiger partial charge on any atom is 0.407 e. The van der Waals surface area contributed by atoms with Gasteiger partial charge in [0, 0.05) is 19.6 Å². The second-order valence-corrected chi connectivity index (χ2v) is 9.32. The molecular formula is C16H26Cl2N2O3. The number of likely N-dealkylation sites (tertiary alicyclic amines) is 1. The number of amides is 2. The van der Waals surface area contributed by atoms with E-state index in [2.05, 4.69) is 5.32 Å². The quantitative estimate of drug-likeness (QED) is 0.781. The maximum absolute atomic E-state index is 12.5. The van der Waals surface area contributed by atoms with Crippen LogP contribution in [0.3, 0.4) is 0 Å². The van der Waals surface area contributed by atoms with Gasteiger partial charge < -0.3 is 15.0 Å². The Balaban J connectivity index is 1.72. The molecule has 0 aromatic carbocycles. The summed E-state index contributed by atoms with van der Waals surface area (Å²) in [5, 5.41) is 2.80. The Labute approximate surface area is 148 Å². The van der Waals surface area contributed by atoms with Crippen LogP contribution in [-0.4, -0.2) is 46.5 Å². The van der Waals surface area contributed by atoms with Crippen LogP contribution in [0.4, 0.5) is 4.79 Å². The van der Waals surface area contributed by atoms with E-state index in [0.29, 0.717) is 32.0 Å². The third-order valence-corrected chi connectivity index (χ3v) is 5.67. The molecule has 0 bridgehead atoms. The van der Waals surface area contributed by atoms with Crippen LogP contribution in [0.15, 0.2) is 0 Å². The van der Waals surface area contributed by atoms with E-state index in [4.69, 9.17) is 27.9 Å². The first-order chi connectivity index (χ1) is 10.4. The van der Waals surface area contributed by atoms with Gasteiger partial charge >= 0.3 is 6.09 Å². The van der Waals surface area contributed by atoms with Crippen LogP contribution in [-0.2, 0) is 9.53 Å². The number of nitrogens with zero attached hydrogens (tertiary/aromatic N) is 1. The van der Waals surface area contributed by atoms with Crippen molar-refractivity contribution in [2.45, 2.75) is 56.9 Å². The summed E-state index contributed by atoms with van der Waals surface area (Å²) in [6.07, 6.45) is 1.84. The van der Waals surface area contributed by atoms with Crippen LogP contribution >= 0.6 is 23.2 Å². The highest BCUT2D eigenvalue weighted by Gasteiger charge is 2.68. The van der Waals surface area contributed by atoms with E-state index >= 15 is 0 Å². The fourth-order valence-electron chi connectivity index (χ4n) is 2.86. The van der Waals surface area contributed by atoms with E-state index in [1.165, 1.54) is 0 Å². The normalized spacial score (nSPS) is 27.5. The van der Waals surface area contributed by atoms with Gasteiger partial charge in [-0.2, -0.15) is 0 Å². The summed E-state index contributed by atoms with van der Waals surface area (Å²) in [4.78, 5) is 26.0. The van der Waals surface area contributed by atoms with Crippen LogP contribution in [0.5, 0.6) is 0 Å². The molecule has 5 nitrogen and oxygen atoms in total. The van der Waals surface area contributed by atoms with Crippen molar-refractivity contribution in [3.05, 3.63) is 0 Å². The van der Waals surface area contributed by atoms with E-state index in [9.17, 15) is 9.59 Å². The van der Waals surface area contributed by atoms with E-state index in [-0.39, 0.29) is 5.91 Å². The van der Waals surface area contributed by atoms with Gasteiger partial charge in [0.05, 0.1) is 5.41 Å². The minimum absolute atomic E-state index is 0.0426. The first kappa shape index (κ1) is 18.7. The van der Waals surface area contributed by atoms with Crippen molar-refractivity contribution >= 4 is 35.2 Å². The first-order valence-corrected chi connectivity index (χ1v) is 8.84. The van der Waals surface area contributed by atoms with Crippen LogP contribution in [0, 0.1) is 11.3 Å². The van der Waals surface area contributed by atoms with Crippen LogP contribution < -0.4 is 5.32 Å². The molecule has 1 aliphatic heterocycles. The van der Waals surface area contributed by atoms with E-state index in [1.54, 1.807) is 0 Å². The fourth-order valence-corrected chi connectivity index (χ4v) is 3.56. The third kappa shape index (κ3) is 4.44. The molecule has 1 aliphatic carbocycles. The predicted octanol–water partition coefficient (Wildman–Crippen LogP) is 3.33. The highest BCUT2D eigenvalue weighted by Crippen LogP contribution is 2.64. The topological polar surface area (TPSA) is 58.6 Å². The number of ether oxygens (including phenoxy) is 1. The molecule has 7 heteroatoms. The minimum atomic E-state index is -0.917. The van der Waals surface area contributed by atoms with Gasteiger partial charge in [-0.1, -0.05) is 0 Å². The number of carbonyl (C=O) groups is 2. The lowest BCUT2D eigenvalue weighted by molar-refractivity contribution is -0.137. The Morgan fingerprint density at radius 3 is 2.22 bits per heavy atom. The highest BCUT2D eigenvalue weighted by molar-refractivity contribution is 6.53. The molecule has 1 N–H and O–H groups in total. The molecule has 0 unspecified atom stereocenters. The highest BCUT2D eigenvalue weighted by atomic mass is 35.5. The second kappa shape index (κ2) is 6.32. The van der Waals surface area contributed by atoms with Gasteiger partial charge in [-0.3, -0.25) is 4.79 Å². The number of hydrogen-bond donors (Lipinski definition) is 1. The zero-order valence-corrected chi connectivity index (χ0v) is 15.8. The molecule has 2 fully saturated rings. The van der Waals surface area contributed by atoms with Gasteiger partial charge in [0.1, 0.15) is 9.93 Å². The average molecular weight is 365 g/mol. The molecular weight excluding hydrogens is 339 g/mol. The summed E-state index contributed by atoms with van der Waals surface area (Å²) in [7, 11) is 0. The van der Waals surface area contributed by atoms with Crippen molar-refractivity contribution in [3.8, 4) is 0 Å². The van der Waals surface area contributed by atoms with Crippen LogP contribution in [0.1, 0.15) is 47.0 Å². The summed E-state index contributed by atoms with van der Waals surface area (Å²) >= 11 is 12.2. The molecule has 2 rings (SSSR count). The molecule has 1 atom stereocenters. The average Bonchev–Trinajstić information content (AvgIpc) is 2.94. The summed E-state index contributed by atoms with van der Waals surface area (Å²) < 4.78 is 4.30. The lowest BCUT2D eigenvalue weighted by Gasteiger charge is -2.34. The van der Waals surface area contributed by atoms with E-state index in [1.807, 2.05) is 32.6 Å². The standard InChI is InChI=1S/C16H26Cl2N2O3/c1-14(2,3)23-13(22)19-9-11-5-7-20(8-6-11)12(21)15(4)10-16(15,17)18/h11H,5-10H2,1-4H3,(H,19,22)/t15-/m0/s1. The molecule has 1 saturated carbocycles. The van der Waals surface area contributed by atoms with E-state index < -0.39 is 21.4 Å². The number of rotatable bonds is 3. The number of hydrogen-bond acceptors (Lipinski definition) is 3. The van der Waals surface area contributed by atoms with Crippen LogP contribution in [0.25, 0.3) is 0 Å². The first-order valence-electron chi connectivity index (χ1n) is 8.09. The second-order valence-electron chi connectivity index (χ2n) is 7.83. The van der Waals surface area contributed by atoms with Crippen molar-refractivity contribution in [1.29, 1.82) is 0 Å². The maximum atomic E-state index is 12.5. The zero-order valence-electron chi connectivity index (χ0n) is 14.2. The third-order valence-electron chi connectivity index (χ3n) is 4.57. The van der Waals surface area contributed by atoms with Gasteiger partial charge in [0.2, 0.25) is 5.91 Å². The van der Waals surface area contributed by atoms with Gasteiger partial charge in [0.25, 0.3) is 0 Å². The molecule has 1 heterocycles. The molecule has 2 amide bonds. The van der Waals surface area contributed by atoms with E-state index in [0.717, 1.165) is 12.8 Å². The smallest absolute Gasteiger partial charge is 0.407 e. The minimum Gasteiger partial charge on any atom is -0.444 e. The van der Waals surface area contributed by atoms with Crippen molar-refractivity contribution in [2.75, 3.05) is 19.6 Å². The lowest BCUT2D eigenvalue weighted by Crippen LogP contribution is -2.45. The summed E-state index contributed by atoms with van der Waals surface area (Å²) in [6, 6.07) is 0. The summed E-state index contributed by atoms with van der Waals surface area (Å²) in [5.41, 5.74) is -1.13. The van der Waals surface area contributed by atoms with Crippen LogP contribution in [0.2, 0.25) is 0 Å². The van der Waals surface area contributed by atoms with Crippen molar-refractivity contribution in [3.63, 3.8) is 0 Å². The van der Waals surface area contributed by atoms with Gasteiger partial charge in [-0.25, -0.2) is 4.79 Å². The predicted molar refractivity (Wildman–Crippen MR) is 90.7 cm³/mol. The molecule has 0 aromatic rings. The number of piperidine rings is 1. The molecule has 0 spiro atoms. The Kier molecular flexibility index (Phi) is 5.13. The fraction of sp³-hybridized carbons (Fsp3) is 0.875. The van der Waals surface area contributed by atoms with Crippen molar-refractivity contribution < 1.29 is 14.3 Å².